The molecule has 0 saturated carbocycles. The van der Waals surface area contributed by atoms with Gasteiger partial charge in [0.2, 0.25) is 0 Å². The molecule has 102 valence electrons. The van der Waals surface area contributed by atoms with Crippen molar-refractivity contribution in [2.45, 2.75) is 18.3 Å². The fourth-order valence-corrected chi connectivity index (χ4v) is 1.86. The monoisotopic (exact) mass is 271 g/mol. The molecule has 1 aromatic rings. The summed E-state index contributed by atoms with van der Waals surface area (Å²) < 4.78 is 16.3. The Morgan fingerprint density at radius 3 is 2.78 bits per heavy atom. The highest BCUT2D eigenvalue weighted by Crippen LogP contribution is 2.18. The van der Waals surface area contributed by atoms with E-state index in [0.717, 1.165) is 11.3 Å². The SMILES string of the molecule is COc1cccc(C(O)CNCC(C)S(C)=O)c1. The second-order valence-electron chi connectivity index (χ2n) is 4.26. The molecule has 0 aliphatic heterocycles. The van der Waals surface area contributed by atoms with Crippen LogP contribution in [0.4, 0.5) is 0 Å². The van der Waals surface area contributed by atoms with Crippen molar-refractivity contribution < 1.29 is 14.1 Å². The zero-order chi connectivity index (χ0) is 13.5. The Bertz CT molecular complexity index is 398. The van der Waals surface area contributed by atoms with E-state index >= 15 is 0 Å². The Hall–Kier alpha value is -0.910. The molecule has 0 amide bonds. The first kappa shape index (κ1) is 15.1. The van der Waals surface area contributed by atoms with E-state index in [1.165, 1.54) is 0 Å². The van der Waals surface area contributed by atoms with Crippen molar-refractivity contribution in [3.05, 3.63) is 29.8 Å². The molecule has 4 nitrogen and oxygen atoms in total. The summed E-state index contributed by atoms with van der Waals surface area (Å²) in [6.45, 7) is 2.99. The summed E-state index contributed by atoms with van der Waals surface area (Å²) in [5.41, 5.74) is 0.812. The largest absolute Gasteiger partial charge is 0.497 e. The van der Waals surface area contributed by atoms with Crippen LogP contribution < -0.4 is 10.1 Å². The fourth-order valence-electron chi connectivity index (χ4n) is 1.51. The van der Waals surface area contributed by atoms with E-state index in [4.69, 9.17) is 4.74 Å². The number of methoxy groups -OCH3 is 1. The minimum atomic E-state index is -0.839. The molecule has 5 heteroatoms. The van der Waals surface area contributed by atoms with Crippen molar-refractivity contribution in [2.75, 3.05) is 26.5 Å². The molecule has 0 heterocycles. The lowest BCUT2D eigenvalue weighted by molar-refractivity contribution is 0.174. The fraction of sp³-hybridized carbons (Fsp3) is 0.538. The number of aliphatic hydroxyl groups excluding tert-OH is 1. The van der Waals surface area contributed by atoms with Crippen LogP contribution in [0.3, 0.4) is 0 Å². The van der Waals surface area contributed by atoms with Crippen molar-refractivity contribution in [2.24, 2.45) is 0 Å². The molecule has 0 fully saturated rings. The van der Waals surface area contributed by atoms with E-state index in [1.54, 1.807) is 13.4 Å². The Balaban J connectivity index is 2.44. The van der Waals surface area contributed by atoms with Crippen LogP contribution in [-0.2, 0) is 10.8 Å². The first-order chi connectivity index (χ1) is 8.54. The van der Waals surface area contributed by atoms with Gasteiger partial charge >= 0.3 is 0 Å². The van der Waals surface area contributed by atoms with Crippen molar-refractivity contribution in [3.8, 4) is 5.75 Å². The third-order valence-electron chi connectivity index (χ3n) is 2.81. The van der Waals surface area contributed by atoms with Crippen LogP contribution >= 0.6 is 0 Å². The van der Waals surface area contributed by atoms with Gasteiger partial charge in [-0.1, -0.05) is 12.1 Å². The summed E-state index contributed by atoms with van der Waals surface area (Å²) in [5.74, 6) is 0.731. The molecule has 0 saturated heterocycles. The van der Waals surface area contributed by atoms with Crippen LogP contribution in [0.15, 0.2) is 24.3 Å². The minimum absolute atomic E-state index is 0.0857. The van der Waals surface area contributed by atoms with E-state index in [0.29, 0.717) is 13.1 Å². The van der Waals surface area contributed by atoms with Gasteiger partial charge in [0, 0.05) is 35.4 Å². The maximum Gasteiger partial charge on any atom is 0.119 e. The number of hydrogen-bond donors (Lipinski definition) is 2. The predicted molar refractivity (Wildman–Crippen MR) is 74.4 cm³/mol. The molecule has 0 radical (unpaired) electrons. The highest BCUT2D eigenvalue weighted by atomic mass is 32.2. The Kier molecular flexibility index (Phi) is 6.32. The van der Waals surface area contributed by atoms with Gasteiger partial charge in [-0.2, -0.15) is 0 Å². The third-order valence-corrected chi connectivity index (χ3v) is 4.11. The number of benzene rings is 1. The van der Waals surface area contributed by atoms with Crippen LogP contribution in [0, 0.1) is 0 Å². The summed E-state index contributed by atoms with van der Waals surface area (Å²) in [7, 11) is 0.760. The molecule has 18 heavy (non-hydrogen) atoms. The van der Waals surface area contributed by atoms with Crippen molar-refractivity contribution in [1.82, 2.24) is 5.32 Å². The highest BCUT2D eigenvalue weighted by molar-refractivity contribution is 7.84. The normalized spacial score (nSPS) is 16.0. The summed E-state index contributed by atoms with van der Waals surface area (Å²) >= 11 is 0. The quantitative estimate of drug-likeness (QED) is 0.779. The molecule has 3 atom stereocenters. The Labute approximate surface area is 111 Å². The van der Waals surface area contributed by atoms with Crippen molar-refractivity contribution in [3.63, 3.8) is 0 Å². The Morgan fingerprint density at radius 1 is 1.44 bits per heavy atom. The van der Waals surface area contributed by atoms with Gasteiger partial charge in [0.15, 0.2) is 0 Å². The Morgan fingerprint density at radius 2 is 2.17 bits per heavy atom. The molecule has 1 aromatic carbocycles. The van der Waals surface area contributed by atoms with Gasteiger partial charge < -0.3 is 15.2 Å². The molecule has 0 bridgehead atoms. The molecular formula is C13H21NO3S. The second-order valence-corrected chi connectivity index (χ2v) is 6.06. The van der Waals surface area contributed by atoms with E-state index in [-0.39, 0.29) is 5.25 Å². The molecule has 0 spiro atoms. The summed E-state index contributed by atoms with van der Waals surface area (Å²) in [4.78, 5) is 0. The van der Waals surface area contributed by atoms with Crippen LogP contribution in [-0.4, -0.2) is 41.0 Å². The van der Waals surface area contributed by atoms with Gasteiger partial charge in [0.25, 0.3) is 0 Å². The van der Waals surface area contributed by atoms with Gasteiger partial charge in [-0.05, 0) is 24.6 Å². The minimum Gasteiger partial charge on any atom is -0.497 e. The highest BCUT2D eigenvalue weighted by Gasteiger charge is 2.10. The third kappa shape index (κ3) is 4.76. The van der Waals surface area contributed by atoms with Crippen LogP contribution in [0.5, 0.6) is 5.75 Å². The number of hydrogen-bond acceptors (Lipinski definition) is 4. The zero-order valence-corrected chi connectivity index (χ0v) is 11.9. The maximum atomic E-state index is 11.2. The molecule has 0 aliphatic rings. The lowest BCUT2D eigenvalue weighted by atomic mass is 10.1. The van der Waals surface area contributed by atoms with E-state index < -0.39 is 16.9 Å². The average Bonchev–Trinajstić information content (AvgIpc) is 2.38. The standard InChI is InChI=1S/C13H21NO3S/c1-10(18(3)16)8-14-9-13(15)11-5-4-6-12(7-11)17-2/h4-7,10,13-15H,8-9H2,1-3H3. The van der Waals surface area contributed by atoms with Crippen molar-refractivity contribution in [1.29, 1.82) is 0 Å². The van der Waals surface area contributed by atoms with Gasteiger partial charge in [0.1, 0.15) is 5.75 Å². The topological polar surface area (TPSA) is 58.6 Å². The second kappa shape index (κ2) is 7.51. The summed E-state index contributed by atoms with van der Waals surface area (Å²) in [6, 6.07) is 7.36. The molecule has 2 N–H and O–H groups in total. The first-order valence-corrected chi connectivity index (χ1v) is 7.51. The van der Waals surface area contributed by atoms with Crippen molar-refractivity contribution >= 4 is 10.8 Å². The van der Waals surface area contributed by atoms with Gasteiger partial charge in [-0.15, -0.1) is 0 Å². The number of aliphatic hydroxyl groups is 1. The number of ether oxygens (including phenoxy) is 1. The molecule has 3 unspecified atom stereocenters. The number of rotatable bonds is 7. The first-order valence-electron chi connectivity index (χ1n) is 5.89. The zero-order valence-electron chi connectivity index (χ0n) is 11.1. The maximum absolute atomic E-state index is 11.2. The molecule has 0 aliphatic carbocycles. The summed E-state index contributed by atoms with van der Waals surface area (Å²) in [5, 5.41) is 13.2. The predicted octanol–water partition coefficient (Wildman–Crippen LogP) is 1.09. The van der Waals surface area contributed by atoms with Crippen LogP contribution in [0.1, 0.15) is 18.6 Å². The van der Waals surface area contributed by atoms with Crippen LogP contribution in [0.2, 0.25) is 0 Å². The molecule has 1 rings (SSSR count). The molecular weight excluding hydrogens is 250 g/mol. The smallest absolute Gasteiger partial charge is 0.119 e. The van der Waals surface area contributed by atoms with E-state index in [2.05, 4.69) is 5.32 Å². The van der Waals surface area contributed by atoms with Gasteiger partial charge in [-0.3, -0.25) is 4.21 Å². The van der Waals surface area contributed by atoms with E-state index in [9.17, 15) is 9.32 Å². The number of nitrogens with one attached hydrogen (secondary N) is 1. The lowest BCUT2D eigenvalue weighted by Gasteiger charge is -2.15. The average molecular weight is 271 g/mol. The van der Waals surface area contributed by atoms with Gasteiger partial charge in [0.05, 0.1) is 13.2 Å². The van der Waals surface area contributed by atoms with Gasteiger partial charge in [-0.25, -0.2) is 0 Å². The molecule has 0 aromatic heterocycles. The van der Waals surface area contributed by atoms with Crippen LogP contribution in [0.25, 0.3) is 0 Å². The summed E-state index contributed by atoms with van der Waals surface area (Å²) in [6.07, 6.45) is 1.10. The van der Waals surface area contributed by atoms with E-state index in [1.807, 2.05) is 31.2 Å². The lowest BCUT2D eigenvalue weighted by Crippen LogP contribution is -2.30.